The summed E-state index contributed by atoms with van der Waals surface area (Å²) >= 11 is 0. The van der Waals surface area contributed by atoms with Crippen LogP contribution in [0.4, 0.5) is 15.8 Å². The minimum absolute atomic E-state index is 0.0298. The van der Waals surface area contributed by atoms with Gasteiger partial charge in [0.25, 0.3) is 5.69 Å². The molecule has 110 valence electrons. The minimum atomic E-state index is -0.475. The maximum absolute atomic E-state index is 13.7. The normalized spacial score (nSPS) is 10.2. The summed E-state index contributed by atoms with van der Waals surface area (Å²) in [7, 11) is 1.49. The molecule has 5 nitrogen and oxygen atoms in total. The van der Waals surface area contributed by atoms with E-state index < -0.39 is 4.92 Å². The number of hydrogen-bond donors (Lipinski definition) is 1. The SMILES string of the molecule is COc1ccc([N+](=O)[O-])cc1CNc1c(C)cccc1F. The molecule has 0 amide bonds. The minimum Gasteiger partial charge on any atom is -0.496 e. The zero-order chi connectivity index (χ0) is 15.4. The number of rotatable bonds is 5. The Bertz CT molecular complexity index is 654. The Balaban J connectivity index is 2.26. The molecule has 0 unspecified atom stereocenters. The van der Waals surface area contributed by atoms with E-state index in [2.05, 4.69) is 5.32 Å². The molecule has 0 saturated carbocycles. The predicted octanol–water partition coefficient (Wildman–Crippen LogP) is 3.66. The number of nitro groups is 1. The van der Waals surface area contributed by atoms with Crippen molar-refractivity contribution in [2.24, 2.45) is 0 Å². The Morgan fingerprint density at radius 3 is 2.71 bits per heavy atom. The van der Waals surface area contributed by atoms with Gasteiger partial charge in [-0.05, 0) is 24.6 Å². The monoisotopic (exact) mass is 290 g/mol. The van der Waals surface area contributed by atoms with Gasteiger partial charge in [-0.2, -0.15) is 0 Å². The summed E-state index contributed by atoms with van der Waals surface area (Å²) < 4.78 is 18.9. The zero-order valence-corrected chi connectivity index (χ0v) is 11.7. The van der Waals surface area contributed by atoms with Crippen LogP contribution in [0.3, 0.4) is 0 Å². The molecule has 0 aliphatic heterocycles. The number of aryl methyl sites for hydroxylation is 1. The van der Waals surface area contributed by atoms with Gasteiger partial charge < -0.3 is 10.1 Å². The van der Waals surface area contributed by atoms with Crippen molar-refractivity contribution in [2.45, 2.75) is 13.5 Å². The summed E-state index contributed by atoms with van der Waals surface area (Å²) in [5, 5.41) is 13.8. The number of anilines is 1. The highest BCUT2D eigenvalue weighted by molar-refractivity contribution is 5.53. The number of non-ortho nitro benzene ring substituents is 1. The van der Waals surface area contributed by atoms with E-state index in [1.807, 2.05) is 0 Å². The molecule has 1 N–H and O–H groups in total. The number of para-hydroxylation sites is 1. The lowest BCUT2D eigenvalue weighted by atomic mass is 10.1. The average molecular weight is 290 g/mol. The van der Waals surface area contributed by atoms with E-state index in [1.54, 1.807) is 19.1 Å². The van der Waals surface area contributed by atoms with Gasteiger partial charge in [0.15, 0.2) is 0 Å². The van der Waals surface area contributed by atoms with Crippen molar-refractivity contribution in [3.63, 3.8) is 0 Å². The van der Waals surface area contributed by atoms with Crippen molar-refractivity contribution in [1.82, 2.24) is 0 Å². The molecule has 0 bridgehead atoms. The van der Waals surface area contributed by atoms with Gasteiger partial charge in [0, 0.05) is 24.2 Å². The summed E-state index contributed by atoms with van der Waals surface area (Å²) in [5.41, 5.74) is 1.71. The number of ether oxygens (including phenoxy) is 1. The Morgan fingerprint density at radius 1 is 1.33 bits per heavy atom. The van der Waals surface area contributed by atoms with Crippen LogP contribution in [-0.4, -0.2) is 12.0 Å². The first-order valence-corrected chi connectivity index (χ1v) is 6.33. The Morgan fingerprint density at radius 2 is 2.10 bits per heavy atom. The fourth-order valence-corrected chi connectivity index (χ4v) is 2.06. The van der Waals surface area contributed by atoms with Gasteiger partial charge >= 0.3 is 0 Å². The third kappa shape index (κ3) is 3.28. The first-order valence-electron chi connectivity index (χ1n) is 6.33. The lowest BCUT2D eigenvalue weighted by Crippen LogP contribution is -2.05. The molecule has 2 aromatic carbocycles. The van der Waals surface area contributed by atoms with Gasteiger partial charge in [-0.25, -0.2) is 4.39 Å². The molecule has 0 aromatic heterocycles. The number of benzene rings is 2. The summed E-state index contributed by atoms with van der Waals surface area (Å²) in [5.74, 6) is 0.154. The highest BCUT2D eigenvalue weighted by Crippen LogP contribution is 2.26. The van der Waals surface area contributed by atoms with E-state index in [4.69, 9.17) is 4.74 Å². The second-order valence-corrected chi connectivity index (χ2v) is 4.54. The van der Waals surface area contributed by atoms with Crippen molar-refractivity contribution < 1.29 is 14.1 Å². The number of halogens is 1. The van der Waals surface area contributed by atoms with Gasteiger partial charge in [-0.1, -0.05) is 12.1 Å². The average Bonchev–Trinajstić information content (AvgIpc) is 2.46. The number of nitrogens with one attached hydrogen (secondary N) is 1. The van der Waals surface area contributed by atoms with Crippen molar-refractivity contribution in [3.05, 3.63) is 63.5 Å². The van der Waals surface area contributed by atoms with Gasteiger partial charge in [-0.3, -0.25) is 10.1 Å². The third-order valence-electron chi connectivity index (χ3n) is 3.15. The molecule has 0 radical (unpaired) electrons. The highest BCUT2D eigenvalue weighted by Gasteiger charge is 2.12. The van der Waals surface area contributed by atoms with Gasteiger partial charge in [0.1, 0.15) is 11.6 Å². The van der Waals surface area contributed by atoms with Crippen LogP contribution in [0.5, 0.6) is 5.75 Å². The van der Waals surface area contributed by atoms with Gasteiger partial charge in [-0.15, -0.1) is 0 Å². The van der Waals surface area contributed by atoms with E-state index in [0.29, 0.717) is 17.0 Å². The van der Waals surface area contributed by atoms with E-state index in [-0.39, 0.29) is 18.0 Å². The van der Waals surface area contributed by atoms with E-state index >= 15 is 0 Å². The fraction of sp³-hybridized carbons (Fsp3) is 0.200. The lowest BCUT2D eigenvalue weighted by Gasteiger charge is -2.13. The largest absolute Gasteiger partial charge is 0.496 e. The second-order valence-electron chi connectivity index (χ2n) is 4.54. The topological polar surface area (TPSA) is 64.4 Å². The fourth-order valence-electron chi connectivity index (χ4n) is 2.06. The van der Waals surface area contributed by atoms with Crippen LogP contribution in [0.25, 0.3) is 0 Å². The van der Waals surface area contributed by atoms with Crippen molar-refractivity contribution in [2.75, 3.05) is 12.4 Å². The van der Waals surface area contributed by atoms with Crippen LogP contribution in [0.1, 0.15) is 11.1 Å². The van der Waals surface area contributed by atoms with Crippen molar-refractivity contribution >= 4 is 11.4 Å². The molecule has 0 aliphatic rings. The zero-order valence-electron chi connectivity index (χ0n) is 11.7. The van der Waals surface area contributed by atoms with Crippen LogP contribution >= 0.6 is 0 Å². The first kappa shape index (κ1) is 14.8. The van der Waals surface area contributed by atoms with Crippen LogP contribution in [0.15, 0.2) is 36.4 Å². The van der Waals surface area contributed by atoms with Gasteiger partial charge in [0.2, 0.25) is 0 Å². The standard InChI is InChI=1S/C15H15FN2O3/c1-10-4-3-5-13(16)15(10)17-9-11-8-12(18(19)20)6-7-14(11)21-2/h3-8,17H,9H2,1-2H3. The summed E-state index contributed by atoms with van der Waals surface area (Å²) in [4.78, 5) is 10.3. The molecule has 0 fully saturated rings. The molecule has 0 heterocycles. The molecule has 0 atom stereocenters. The maximum Gasteiger partial charge on any atom is 0.270 e. The van der Waals surface area contributed by atoms with Gasteiger partial charge in [0.05, 0.1) is 17.7 Å². The molecule has 21 heavy (non-hydrogen) atoms. The molecule has 0 spiro atoms. The molecular weight excluding hydrogens is 275 g/mol. The Labute approximate surface area is 121 Å². The molecule has 0 saturated heterocycles. The van der Waals surface area contributed by atoms with Crippen LogP contribution in [-0.2, 0) is 6.54 Å². The third-order valence-corrected chi connectivity index (χ3v) is 3.15. The highest BCUT2D eigenvalue weighted by atomic mass is 19.1. The maximum atomic E-state index is 13.7. The van der Waals surface area contributed by atoms with E-state index in [0.717, 1.165) is 5.56 Å². The summed E-state index contributed by atoms with van der Waals surface area (Å²) in [6.45, 7) is 2.02. The molecular formula is C15H15FN2O3. The summed E-state index contributed by atoms with van der Waals surface area (Å²) in [6.07, 6.45) is 0. The molecule has 6 heteroatoms. The first-order chi connectivity index (χ1) is 10.0. The molecule has 0 aliphatic carbocycles. The predicted molar refractivity (Wildman–Crippen MR) is 78.1 cm³/mol. The smallest absolute Gasteiger partial charge is 0.270 e. The van der Waals surface area contributed by atoms with Crippen molar-refractivity contribution in [1.29, 1.82) is 0 Å². The van der Waals surface area contributed by atoms with Crippen molar-refractivity contribution in [3.8, 4) is 5.75 Å². The second kappa shape index (κ2) is 6.21. The lowest BCUT2D eigenvalue weighted by molar-refractivity contribution is -0.384. The number of nitro benzene ring substituents is 1. The van der Waals surface area contributed by atoms with E-state index in [9.17, 15) is 14.5 Å². The van der Waals surface area contributed by atoms with E-state index in [1.165, 1.54) is 31.4 Å². The van der Waals surface area contributed by atoms with Crippen LogP contribution in [0.2, 0.25) is 0 Å². The number of hydrogen-bond acceptors (Lipinski definition) is 4. The quantitative estimate of drug-likeness (QED) is 0.674. The summed E-state index contributed by atoms with van der Waals surface area (Å²) in [6, 6.07) is 9.10. The molecule has 2 aromatic rings. The Hall–Kier alpha value is -2.63. The van der Waals surface area contributed by atoms with Crippen LogP contribution < -0.4 is 10.1 Å². The Kier molecular flexibility index (Phi) is 4.37. The number of nitrogens with zero attached hydrogens (tertiary/aromatic N) is 1. The number of methoxy groups -OCH3 is 1. The molecule has 2 rings (SSSR count). The van der Waals surface area contributed by atoms with Crippen LogP contribution in [0, 0.1) is 22.9 Å².